The number of aromatic nitrogens is 1. The Kier molecular flexibility index (Phi) is 7.03. The van der Waals surface area contributed by atoms with Gasteiger partial charge in [0.15, 0.2) is 0 Å². The van der Waals surface area contributed by atoms with Gasteiger partial charge in [-0.3, -0.25) is 9.36 Å². The molecular formula is C27H26FN2O4P. The van der Waals surface area contributed by atoms with Crippen molar-refractivity contribution in [3.63, 3.8) is 0 Å². The number of carbonyl (C=O) groups is 1. The first-order chi connectivity index (χ1) is 16.7. The number of rotatable bonds is 7. The first-order valence-corrected chi connectivity index (χ1v) is 12.9. The SMILES string of the molecule is CC(C)c1c(C(=O)Nc2ccccc2)c(-c2ccccc2)c(-c2ccc(F)cc2)n1CP(=O)(O)O. The summed E-state index contributed by atoms with van der Waals surface area (Å²) in [6, 6.07) is 23.9. The number of benzene rings is 3. The van der Waals surface area contributed by atoms with Crippen LogP contribution in [0.15, 0.2) is 84.9 Å². The Labute approximate surface area is 203 Å². The molecule has 0 bridgehead atoms. The summed E-state index contributed by atoms with van der Waals surface area (Å²) in [6.07, 6.45) is -0.619. The van der Waals surface area contributed by atoms with Crippen molar-refractivity contribution in [1.82, 2.24) is 4.57 Å². The van der Waals surface area contributed by atoms with E-state index in [1.165, 1.54) is 16.7 Å². The van der Waals surface area contributed by atoms with E-state index in [2.05, 4.69) is 5.32 Å². The van der Waals surface area contributed by atoms with Crippen LogP contribution in [0.4, 0.5) is 10.1 Å². The van der Waals surface area contributed by atoms with Crippen LogP contribution in [0.3, 0.4) is 0 Å². The van der Waals surface area contributed by atoms with Crippen LogP contribution in [0.25, 0.3) is 22.4 Å². The molecule has 4 aromatic rings. The number of nitrogens with one attached hydrogen (secondary N) is 1. The zero-order chi connectivity index (χ0) is 25.2. The molecule has 0 radical (unpaired) electrons. The normalized spacial score (nSPS) is 11.6. The molecule has 3 N–H and O–H groups in total. The number of hydrogen-bond donors (Lipinski definition) is 3. The lowest BCUT2D eigenvalue weighted by Gasteiger charge is -2.17. The Bertz CT molecular complexity index is 1380. The highest BCUT2D eigenvalue weighted by atomic mass is 31.2. The predicted octanol–water partition coefficient (Wildman–Crippen LogP) is 6.47. The second kappa shape index (κ2) is 10.0. The van der Waals surface area contributed by atoms with Gasteiger partial charge in [0.1, 0.15) is 12.1 Å². The summed E-state index contributed by atoms with van der Waals surface area (Å²) in [4.78, 5) is 33.7. The molecule has 0 fully saturated rings. The molecule has 0 aliphatic rings. The summed E-state index contributed by atoms with van der Waals surface area (Å²) in [5.74, 6) is -1.09. The van der Waals surface area contributed by atoms with Gasteiger partial charge in [0, 0.05) is 16.9 Å². The predicted molar refractivity (Wildman–Crippen MR) is 136 cm³/mol. The van der Waals surface area contributed by atoms with Gasteiger partial charge in [-0.2, -0.15) is 0 Å². The molecule has 0 unspecified atom stereocenters. The van der Waals surface area contributed by atoms with Crippen LogP contribution >= 0.6 is 7.60 Å². The van der Waals surface area contributed by atoms with Crippen molar-refractivity contribution >= 4 is 19.2 Å². The summed E-state index contributed by atoms with van der Waals surface area (Å²) in [5, 5.41) is 2.92. The number of carbonyl (C=O) groups excluding carboxylic acids is 1. The van der Waals surface area contributed by atoms with E-state index < -0.39 is 25.6 Å². The van der Waals surface area contributed by atoms with E-state index in [-0.39, 0.29) is 5.92 Å². The van der Waals surface area contributed by atoms with Gasteiger partial charge < -0.3 is 19.7 Å². The number of amides is 1. The largest absolute Gasteiger partial charge is 0.345 e. The quantitative estimate of drug-likeness (QED) is 0.258. The summed E-state index contributed by atoms with van der Waals surface area (Å²) in [7, 11) is -4.55. The molecule has 180 valence electrons. The van der Waals surface area contributed by atoms with Crippen molar-refractivity contribution < 1.29 is 23.5 Å². The molecule has 6 nitrogen and oxygen atoms in total. The fourth-order valence-corrected chi connectivity index (χ4v) is 4.97. The van der Waals surface area contributed by atoms with E-state index in [0.29, 0.717) is 39.3 Å². The Morgan fingerprint density at radius 3 is 2.03 bits per heavy atom. The zero-order valence-corrected chi connectivity index (χ0v) is 20.2. The third kappa shape index (κ3) is 5.43. The molecule has 0 aliphatic carbocycles. The van der Waals surface area contributed by atoms with E-state index in [1.54, 1.807) is 36.4 Å². The minimum absolute atomic E-state index is 0.255. The highest BCUT2D eigenvalue weighted by Gasteiger charge is 2.32. The van der Waals surface area contributed by atoms with E-state index in [0.717, 1.165) is 0 Å². The molecule has 4 rings (SSSR count). The third-order valence-electron chi connectivity index (χ3n) is 5.62. The van der Waals surface area contributed by atoms with Crippen LogP contribution in [-0.2, 0) is 10.9 Å². The summed E-state index contributed by atoms with van der Waals surface area (Å²) < 4.78 is 27.5. The Balaban J connectivity index is 2.08. The maximum absolute atomic E-state index is 13.8. The average Bonchev–Trinajstić information content (AvgIpc) is 3.14. The highest BCUT2D eigenvalue weighted by Crippen LogP contribution is 2.47. The first kappa shape index (κ1) is 24.6. The van der Waals surface area contributed by atoms with E-state index >= 15 is 0 Å². The van der Waals surface area contributed by atoms with Gasteiger partial charge >= 0.3 is 7.60 Å². The minimum atomic E-state index is -4.55. The van der Waals surface area contributed by atoms with Crippen molar-refractivity contribution in [2.45, 2.75) is 26.1 Å². The second-order valence-corrected chi connectivity index (χ2v) is 10.2. The molecule has 1 aromatic heterocycles. The van der Waals surface area contributed by atoms with Gasteiger partial charge in [0.05, 0.1) is 11.3 Å². The highest BCUT2D eigenvalue weighted by molar-refractivity contribution is 7.50. The number of nitrogens with zero attached hydrogens (tertiary/aromatic N) is 1. The molecule has 1 amide bonds. The summed E-state index contributed by atoms with van der Waals surface area (Å²) >= 11 is 0. The number of para-hydroxylation sites is 1. The molecule has 0 saturated carbocycles. The Morgan fingerprint density at radius 2 is 1.49 bits per heavy atom. The molecule has 0 spiro atoms. The fraction of sp³-hybridized carbons (Fsp3) is 0.148. The molecule has 0 saturated heterocycles. The third-order valence-corrected chi connectivity index (χ3v) is 6.27. The van der Waals surface area contributed by atoms with Crippen molar-refractivity contribution in [3.8, 4) is 22.4 Å². The van der Waals surface area contributed by atoms with E-state index in [9.17, 15) is 23.5 Å². The van der Waals surface area contributed by atoms with Crippen molar-refractivity contribution in [2.75, 3.05) is 5.32 Å². The maximum Gasteiger partial charge on any atom is 0.345 e. The second-order valence-electron chi connectivity index (χ2n) is 8.57. The molecule has 1 heterocycles. The molecule has 0 atom stereocenters. The van der Waals surface area contributed by atoms with Crippen LogP contribution in [0.2, 0.25) is 0 Å². The topological polar surface area (TPSA) is 91.6 Å². The molecule has 3 aromatic carbocycles. The van der Waals surface area contributed by atoms with Crippen molar-refractivity contribution in [1.29, 1.82) is 0 Å². The van der Waals surface area contributed by atoms with Crippen LogP contribution < -0.4 is 5.32 Å². The van der Waals surface area contributed by atoms with Gasteiger partial charge in [-0.05, 0) is 53.4 Å². The lowest BCUT2D eigenvalue weighted by molar-refractivity contribution is 0.102. The van der Waals surface area contributed by atoms with Gasteiger partial charge in [0.2, 0.25) is 0 Å². The molecule has 8 heteroatoms. The summed E-state index contributed by atoms with van der Waals surface area (Å²) in [6.45, 7) is 3.74. The molecule has 35 heavy (non-hydrogen) atoms. The fourth-order valence-electron chi connectivity index (χ4n) is 4.31. The van der Waals surface area contributed by atoms with Gasteiger partial charge in [-0.15, -0.1) is 0 Å². The van der Waals surface area contributed by atoms with Crippen LogP contribution in [0, 0.1) is 5.82 Å². The van der Waals surface area contributed by atoms with Crippen LogP contribution in [0.5, 0.6) is 0 Å². The van der Waals surface area contributed by atoms with E-state index in [1.807, 2.05) is 50.2 Å². The number of hydrogen-bond acceptors (Lipinski definition) is 2. The first-order valence-electron chi connectivity index (χ1n) is 11.1. The Hall–Kier alpha value is -3.51. The van der Waals surface area contributed by atoms with Crippen molar-refractivity contribution in [3.05, 3.63) is 102 Å². The molecule has 0 aliphatic heterocycles. The maximum atomic E-state index is 13.8. The Morgan fingerprint density at radius 1 is 0.914 bits per heavy atom. The minimum Gasteiger partial charge on any atom is -0.331 e. The van der Waals surface area contributed by atoms with Crippen molar-refractivity contribution in [2.24, 2.45) is 0 Å². The summed E-state index contributed by atoms with van der Waals surface area (Å²) in [5.41, 5.74) is 3.63. The standard InChI is InChI=1S/C27H26FN2O4P/c1-18(2)25-24(27(31)29-22-11-7-4-8-12-22)23(19-9-5-3-6-10-19)26(30(25)17-35(32,33)34)20-13-15-21(28)16-14-20/h3-16,18H,17H2,1-2H3,(H,29,31)(H2,32,33,34). The van der Waals surface area contributed by atoms with Gasteiger partial charge in [-0.1, -0.05) is 62.4 Å². The smallest absolute Gasteiger partial charge is 0.331 e. The van der Waals surface area contributed by atoms with E-state index in [4.69, 9.17) is 0 Å². The monoisotopic (exact) mass is 492 g/mol. The average molecular weight is 492 g/mol. The van der Waals surface area contributed by atoms with Crippen LogP contribution in [-0.4, -0.2) is 20.3 Å². The zero-order valence-electron chi connectivity index (χ0n) is 19.4. The van der Waals surface area contributed by atoms with Crippen LogP contribution in [0.1, 0.15) is 35.8 Å². The number of anilines is 1. The molecular weight excluding hydrogens is 466 g/mol. The lowest BCUT2D eigenvalue weighted by Crippen LogP contribution is -2.16. The van der Waals surface area contributed by atoms with Gasteiger partial charge in [0.25, 0.3) is 5.91 Å². The lowest BCUT2D eigenvalue weighted by atomic mass is 9.94. The van der Waals surface area contributed by atoms with Gasteiger partial charge in [-0.25, -0.2) is 4.39 Å². The number of halogens is 1.